The van der Waals surface area contributed by atoms with Crippen molar-refractivity contribution >= 4 is 11.9 Å². The minimum absolute atomic E-state index is 0.0953. The highest BCUT2D eigenvalue weighted by Crippen LogP contribution is 2.43. The zero-order valence-electron chi connectivity index (χ0n) is 15.5. The Morgan fingerprint density at radius 1 is 1.19 bits per heavy atom. The van der Waals surface area contributed by atoms with E-state index in [4.69, 9.17) is 13.9 Å². The Morgan fingerprint density at radius 2 is 2.04 bits per heavy atom. The van der Waals surface area contributed by atoms with Crippen molar-refractivity contribution in [3.63, 3.8) is 0 Å². The number of hydrogen-bond acceptors (Lipinski definition) is 5. The zero-order valence-corrected chi connectivity index (χ0v) is 15.5. The van der Waals surface area contributed by atoms with E-state index < -0.39 is 0 Å². The lowest BCUT2D eigenvalue weighted by molar-refractivity contribution is 0.0397. The molecule has 0 radical (unpaired) electrons. The second kappa shape index (κ2) is 6.57. The molecule has 2 aromatic rings. The largest absolute Gasteiger partial charge is 0.477 e. The van der Waals surface area contributed by atoms with Crippen LogP contribution in [0, 0.1) is 6.92 Å². The SMILES string of the molecule is Cc1c2c(cc3c1O/C(=C\c1ccco1)C3=O)CN(C1CCCCC1)CO2. The molecule has 0 bridgehead atoms. The van der Waals surface area contributed by atoms with Crippen LogP contribution >= 0.6 is 0 Å². The first-order valence-electron chi connectivity index (χ1n) is 9.72. The van der Waals surface area contributed by atoms with Gasteiger partial charge in [-0.25, -0.2) is 0 Å². The highest BCUT2D eigenvalue weighted by Gasteiger charge is 2.35. The number of rotatable bonds is 2. The summed E-state index contributed by atoms with van der Waals surface area (Å²) < 4.78 is 17.3. The van der Waals surface area contributed by atoms with Gasteiger partial charge in [-0.05, 0) is 38.0 Å². The van der Waals surface area contributed by atoms with Crippen LogP contribution in [0.15, 0.2) is 34.6 Å². The summed E-state index contributed by atoms with van der Waals surface area (Å²) in [5, 5.41) is 0. The van der Waals surface area contributed by atoms with Crippen molar-refractivity contribution in [3.05, 3.63) is 52.7 Å². The number of Topliss-reactive ketones (excluding diaryl/α,β-unsaturated/α-hetero) is 1. The molecule has 2 aliphatic heterocycles. The average Bonchev–Trinajstić information content (AvgIpc) is 3.32. The summed E-state index contributed by atoms with van der Waals surface area (Å²) in [6.07, 6.45) is 9.63. The fraction of sp³-hybridized carbons (Fsp3) is 0.409. The quantitative estimate of drug-likeness (QED) is 0.723. The summed E-state index contributed by atoms with van der Waals surface area (Å²) in [5.74, 6) is 2.29. The second-order valence-corrected chi connectivity index (χ2v) is 7.63. The average molecular weight is 365 g/mol. The van der Waals surface area contributed by atoms with Crippen LogP contribution in [0.4, 0.5) is 0 Å². The van der Waals surface area contributed by atoms with Gasteiger partial charge in [-0.15, -0.1) is 0 Å². The molecule has 3 aliphatic rings. The molecule has 0 atom stereocenters. The van der Waals surface area contributed by atoms with Gasteiger partial charge in [0.2, 0.25) is 5.78 Å². The lowest BCUT2D eigenvalue weighted by Gasteiger charge is -2.37. The van der Waals surface area contributed by atoms with E-state index in [0.717, 1.165) is 23.4 Å². The van der Waals surface area contributed by atoms with Crippen molar-refractivity contribution in [3.8, 4) is 11.5 Å². The Labute approximate surface area is 158 Å². The highest BCUT2D eigenvalue weighted by molar-refractivity contribution is 6.15. The van der Waals surface area contributed by atoms with Crippen LogP contribution in [0.1, 0.15) is 59.3 Å². The Kier molecular flexibility index (Phi) is 4.05. The molecule has 1 aromatic heterocycles. The van der Waals surface area contributed by atoms with Crippen LogP contribution in [-0.2, 0) is 6.54 Å². The number of carbonyl (C=O) groups excluding carboxylic acids is 1. The fourth-order valence-electron chi connectivity index (χ4n) is 4.45. The van der Waals surface area contributed by atoms with Gasteiger partial charge < -0.3 is 13.9 Å². The third-order valence-corrected chi connectivity index (χ3v) is 5.87. The molecule has 140 valence electrons. The molecular formula is C22H23NO4. The first-order chi connectivity index (χ1) is 13.2. The van der Waals surface area contributed by atoms with Crippen LogP contribution in [0.3, 0.4) is 0 Å². The highest BCUT2D eigenvalue weighted by atomic mass is 16.5. The summed E-state index contributed by atoms with van der Waals surface area (Å²) >= 11 is 0. The number of ether oxygens (including phenoxy) is 2. The van der Waals surface area contributed by atoms with Crippen molar-refractivity contribution in [2.24, 2.45) is 0 Å². The van der Waals surface area contributed by atoms with Crippen molar-refractivity contribution < 1.29 is 18.7 Å². The molecule has 5 rings (SSSR count). The van der Waals surface area contributed by atoms with Gasteiger partial charge in [0.15, 0.2) is 5.76 Å². The molecule has 3 heterocycles. The molecule has 5 heteroatoms. The molecule has 0 N–H and O–H groups in total. The molecule has 5 nitrogen and oxygen atoms in total. The second-order valence-electron chi connectivity index (χ2n) is 7.63. The standard InChI is InChI=1S/C22H23NO4/c1-14-21-15(12-23(13-26-21)16-6-3-2-4-7-16)10-18-20(24)19(27-22(14)18)11-17-8-5-9-25-17/h5,8-11,16H,2-4,6-7,12-13H2,1H3/b19-11-. The maximum absolute atomic E-state index is 12.9. The summed E-state index contributed by atoms with van der Waals surface area (Å²) in [4.78, 5) is 15.3. The number of hydrogen-bond donors (Lipinski definition) is 0. The van der Waals surface area contributed by atoms with Gasteiger partial charge in [0, 0.05) is 29.8 Å². The molecule has 1 aromatic carbocycles. The predicted octanol–water partition coefficient (Wildman–Crippen LogP) is 4.69. The smallest absolute Gasteiger partial charge is 0.232 e. The lowest BCUT2D eigenvalue weighted by atomic mass is 9.93. The maximum atomic E-state index is 12.9. The number of fused-ring (bicyclic) bond motifs is 2. The normalized spacial score (nSPS) is 21.7. The minimum atomic E-state index is -0.0953. The third kappa shape index (κ3) is 2.86. The number of benzene rings is 1. The van der Waals surface area contributed by atoms with Gasteiger partial charge in [0.1, 0.15) is 24.0 Å². The van der Waals surface area contributed by atoms with Gasteiger partial charge >= 0.3 is 0 Å². The van der Waals surface area contributed by atoms with Crippen molar-refractivity contribution in [1.82, 2.24) is 4.90 Å². The number of furan rings is 1. The van der Waals surface area contributed by atoms with E-state index in [-0.39, 0.29) is 5.78 Å². The molecule has 0 saturated heterocycles. The van der Waals surface area contributed by atoms with Crippen LogP contribution in [0.5, 0.6) is 11.5 Å². The molecular weight excluding hydrogens is 342 g/mol. The van der Waals surface area contributed by atoms with E-state index in [9.17, 15) is 4.79 Å². The molecule has 27 heavy (non-hydrogen) atoms. The van der Waals surface area contributed by atoms with Crippen LogP contribution in [-0.4, -0.2) is 23.5 Å². The monoisotopic (exact) mass is 365 g/mol. The van der Waals surface area contributed by atoms with Crippen molar-refractivity contribution in [2.75, 3.05) is 6.73 Å². The summed E-state index contributed by atoms with van der Waals surface area (Å²) in [7, 11) is 0. The lowest BCUT2D eigenvalue weighted by Crippen LogP contribution is -2.41. The zero-order chi connectivity index (χ0) is 18.4. The van der Waals surface area contributed by atoms with Crippen LogP contribution < -0.4 is 9.47 Å². The predicted molar refractivity (Wildman–Crippen MR) is 101 cm³/mol. The van der Waals surface area contributed by atoms with Gasteiger partial charge in [0.25, 0.3) is 0 Å². The first-order valence-corrected chi connectivity index (χ1v) is 9.72. The Morgan fingerprint density at radius 3 is 2.81 bits per heavy atom. The Hall–Kier alpha value is -2.53. The van der Waals surface area contributed by atoms with E-state index in [0.29, 0.717) is 35.6 Å². The van der Waals surface area contributed by atoms with E-state index in [2.05, 4.69) is 4.90 Å². The Balaban J connectivity index is 1.46. The van der Waals surface area contributed by atoms with Gasteiger partial charge in [-0.3, -0.25) is 9.69 Å². The van der Waals surface area contributed by atoms with Crippen molar-refractivity contribution in [2.45, 2.75) is 51.6 Å². The van der Waals surface area contributed by atoms with Gasteiger partial charge in [-0.2, -0.15) is 0 Å². The number of ketones is 1. The number of allylic oxidation sites excluding steroid dienone is 1. The van der Waals surface area contributed by atoms with E-state index in [1.807, 2.05) is 13.0 Å². The molecule has 0 amide bonds. The summed E-state index contributed by atoms with van der Waals surface area (Å²) in [5.41, 5.74) is 2.61. The van der Waals surface area contributed by atoms with Crippen molar-refractivity contribution in [1.29, 1.82) is 0 Å². The van der Waals surface area contributed by atoms with E-state index in [1.54, 1.807) is 24.5 Å². The number of nitrogens with zero attached hydrogens (tertiary/aromatic N) is 1. The molecule has 1 fully saturated rings. The molecule has 1 aliphatic carbocycles. The van der Waals surface area contributed by atoms with Crippen LogP contribution in [0.25, 0.3) is 6.08 Å². The number of carbonyl (C=O) groups is 1. The molecule has 0 spiro atoms. The fourth-order valence-corrected chi connectivity index (χ4v) is 4.45. The summed E-state index contributed by atoms with van der Waals surface area (Å²) in [6, 6.07) is 6.13. The van der Waals surface area contributed by atoms with E-state index >= 15 is 0 Å². The van der Waals surface area contributed by atoms with Crippen LogP contribution in [0.2, 0.25) is 0 Å². The minimum Gasteiger partial charge on any atom is -0.477 e. The van der Waals surface area contributed by atoms with E-state index in [1.165, 1.54) is 32.1 Å². The topological polar surface area (TPSA) is 51.9 Å². The maximum Gasteiger partial charge on any atom is 0.232 e. The third-order valence-electron chi connectivity index (χ3n) is 5.87. The molecule has 1 saturated carbocycles. The van der Waals surface area contributed by atoms with Gasteiger partial charge in [-0.1, -0.05) is 19.3 Å². The molecule has 0 unspecified atom stereocenters. The first kappa shape index (κ1) is 16.6. The Bertz CT molecular complexity index is 907. The summed E-state index contributed by atoms with van der Waals surface area (Å²) in [6.45, 7) is 3.41. The van der Waals surface area contributed by atoms with Gasteiger partial charge in [0.05, 0.1) is 11.8 Å².